The number of rotatable bonds is 5. The van der Waals surface area contributed by atoms with E-state index in [1.807, 2.05) is 31.0 Å². The molecule has 1 aromatic heterocycles. The van der Waals surface area contributed by atoms with Gasteiger partial charge in [-0.2, -0.15) is 16.1 Å². The minimum Gasteiger partial charge on any atom is -0.312 e. The fourth-order valence-corrected chi connectivity index (χ4v) is 6.81. The molecule has 1 N–H and O–H groups in total. The van der Waals surface area contributed by atoms with Crippen LogP contribution in [-0.2, 0) is 16.6 Å². The summed E-state index contributed by atoms with van der Waals surface area (Å²) in [5.41, 5.74) is 0.869. The van der Waals surface area contributed by atoms with Gasteiger partial charge in [-0.15, -0.1) is 11.3 Å². The van der Waals surface area contributed by atoms with Crippen LogP contribution in [0.25, 0.3) is 0 Å². The van der Waals surface area contributed by atoms with Crippen LogP contribution in [0, 0.1) is 6.92 Å². The lowest BCUT2D eigenvalue weighted by atomic mass is 10.3. The van der Waals surface area contributed by atoms with Crippen LogP contribution in [0.5, 0.6) is 0 Å². The smallest absolute Gasteiger partial charge is 0.244 e. The lowest BCUT2D eigenvalue weighted by Gasteiger charge is -2.30. The van der Waals surface area contributed by atoms with E-state index in [2.05, 4.69) is 12.2 Å². The van der Waals surface area contributed by atoms with Gasteiger partial charge in [0.2, 0.25) is 10.0 Å². The van der Waals surface area contributed by atoms with Crippen molar-refractivity contribution in [3.63, 3.8) is 0 Å². The number of aryl methyl sites for hydroxylation is 1. The van der Waals surface area contributed by atoms with Gasteiger partial charge in [-0.3, -0.25) is 0 Å². The van der Waals surface area contributed by atoms with Gasteiger partial charge in [-0.1, -0.05) is 13.8 Å². The van der Waals surface area contributed by atoms with Crippen molar-refractivity contribution in [1.82, 2.24) is 9.62 Å². The highest BCUT2D eigenvalue weighted by Gasteiger charge is 2.32. The maximum Gasteiger partial charge on any atom is 0.244 e. The van der Waals surface area contributed by atoms with Crippen molar-refractivity contribution in [2.75, 3.05) is 25.4 Å². The Hall–Kier alpha value is -0.0800. The van der Waals surface area contributed by atoms with Crippen LogP contribution in [0.2, 0.25) is 0 Å². The monoisotopic (exact) mass is 334 g/mol. The van der Waals surface area contributed by atoms with Crippen molar-refractivity contribution in [2.24, 2.45) is 0 Å². The number of sulfonamides is 1. The van der Waals surface area contributed by atoms with Gasteiger partial charge in [0.25, 0.3) is 0 Å². The molecule has 0 saturated carbocycles. The normalized spacial score (nSPS) is 21.2. The molecule has 0 aliphatic carbocycles. The molecule has 0 radical (unpaired) electrons. The molecule has 0 bridgehead atoms. The van der Waals surface area contributed by atoms with Gasteiger partial charge in [0.15, 0.2) is 0 Å². The third-order valence-corrected chi connectivity index (χ3v) is 7.79. The number of hydrogen-bond donors (Lipinski definition) is 1. The van der Waals surface area contributed by atoms with Gasteiger partial charge in [0.1, 0.15) is 4.90 Å². The van der Waals surface area contributed by atoms with E-state index in [4.69, 9.17) is 0 Å². The van der Waals surface area contributed by atoms with Gasteiger partial charge in [0.05, 0.1) is 0 Å². The Labute approximate surface area is 130 Å². The fourth-order valence-electron chi connectivity index (χ4n) is 2.33. The Morgan fingerprint density at radius 2 is 2.25 bits per heavy atom. The van der Waals surface area contributed by atoms with Crippen molar-refractivity contribution >= 4 is 33.1 Å². The Balaban J connectivity index is 2.31. The van der Waals surface area contributed by atoms with Crippen LogP contribution in [-0.4, -0.2) is 43.4 Å². The van der Waals surface area contributed by atoms with Crippen molar-refractivity contribution in [3.8, 4) is 0 Å². The van der Waals surface area contributed by atoms with E-state index in [0.29, 0.717) is 29.8 Å². The summed E-state index contributed by atoms with van der Waals surface area (Å²) in [7, 11) is -3.35. The van der Waals surface area contributed by atoms with Gasteiger partial charge >= 0.3 is 0 Å². The summed E-state index contributed by atoms with van der Waals surface area (Å²) in [5.74, 6) is 0.881. The first-order valence-corrected chi connectivity index (χ1v) is 10.2. The lowest BCUT2D eigenvalue weighted by Crippen LogP contribution is -2.41. The Bertz CT molecular complexity index is 554. The summed E-state index contributed by atoms with van der Waals surface area (Å²) < 4.78 is 27.4. The predicted molar refractivity (Wildman–Crippen MR) is 87.1 cm³/mol. The molecule has 1 fully saturated rings. The first-order chi connectivity index (χ1) is 9.46. The summed E-state index contributed by atoms with van der Waals surface area (Å²) in [6.45, 7) is 8.71. The second kappa shape index (κ2) is 6.79. The van der Waals surface area contributed by atoms with Crippen LogP contribution in [0.4, 0.5) is 0 Å². The molecule has 1 aliphatic heterocycles. The van der Waals surface area contributed by atoms with E-state index in [1.54, 1.807) is 4.31 Å². The zero-order chi connectivity index (χ0) is 14.8. The predicted octanol–water partition coefficient (Wildman–Crippen LogP) is 2.29. The van der Waals surface area contributed by atoms with Crippen LogP contribution in [0.1, 0.15) is 24.3 Å². The SMILES string of the molecule is CCNCc1scc(C)c1S(=O)(=O)N1CCSC(C)C1. The first kappa shape index (κ1) is 16.3. The fraction of sp³-hybridized carbons (Fsp3) is 0.692. The molecule has 1 unspecified atom stereocenters. The summed E-state index contributed by atoms with van der Waals surface area (Å²) in [4.78, 5) is 1.46. The second-order valence-electron chi connectivity index (χ2n) is 5.00. The third-order valence-electron chi connectivity index (χ3n) is 3.33. The van der Waals surface area contributed by atoms with E-state index < -0.39 is 10.0 Å². The second-order valence-corrected chi connectivity index (χ2v) is 9.38. The Morgan fingerprint density at radius 1 is 1.50 bits per heavy atom. The van der Waals surface area contributed by atoms with Gasteiger partial charge < -0.3 is 5.32 Å². The highest BCUT2D eigenvalue weighted by Crippen LogP contribution is 2.31. The highest BCUT2D eigenvalue weighted by molar-refractivity contribution is 8.00. The van der Waals surface area contributed by atoms with Gasteiger partial charge in [-0.05, 0) is 24.4 Å². The zero-order valence-corrected chi connectivity index (χ0v) is 14.6. The highest BCUT2D eigenvalue weighted by atomic mass is 32.2. The Kier molecular flexibility index (Phi) is 5.53. The number of hydrogen-bond acceptors (Lipinski definition) is 5. The lowest BCUT2D eigenvalue weighted by molar-refractivity contribution is 0.423. The van der Waals surface area contributed by atoms with E-state index in [0.717, 1.165) is 22.7 Å². The number of nitrogens with one attached hydrogen (secondary N) is 1. The van der Waals surface area contributed by atoms with E-state index in [1.165, 1.54) is 11.3 Å². The summed E-state index contributed by atoms with van der Waals surface area (Å²) in [6.07, 6.45) is 0. The van der Waals surface area contributed by atoms with Crippen LogP contribution >= 0.6 is 23.1 Å². The summed E-state index contributed by atoms with van der Waals surface area (Å²) >= 11 is 3.38. The number of thiophene rings is 1. The molecule has 114 valence electrons. The third kappa shape index (κ3) is 3.39. The van der Waals surface area contributed by atoms with E-state index in [-0.39, 0.29) is 0 Å². The molecule has 1 aliphatic rings. The number of nitrogens with zero attached hydrogens (tertiary/aromatic N) is 1. The molecule has 1 saturated heterocycles. The first-order valence-electron chi connectivity index (χ1n) is 6.86. The Morgan fingerprint density at radius 3 is 2.90 bits per heavy atom. The van der Waals surface area contributed by atoms with Crippen LogP contribution < -0.4 is 5.32 Å². The van der Waals surface area contributed by atoms with E-state index in [9.17, 15) is 8.42 Å². The van der Waals surface area contributed by atoms with Crippen LogP contribution in [0.3, 0.4) is 0 Å². The van der Waals surface area contributed by atoms with Gasteiger partial charge in [-0.25, -0.2) is 8.42 Å². The molecule has 1 aromatic rings. The van der Waals surface area contributed by atoms with Crippen molar-refractivity contribution < 1.29 is 8.42 Å². The summed E-state index contributed by atoms with van der Waals surface area (Å²) in [6, 6.07) is 0. The zero-order valence-electron chi connectivity index (χ0n) is 12.2. The molecule has 2 rings (SSSR count). The molecule has 0 aromatic carbocycles. The topological polar surface area (TPSA) is 49.4 Å². The minimum atomic E-state index is -3.35. The molecule has 4 nitrogen and oxygen atoms in total. The molecule has 0 amide bonds. The van der Waals surface area contributed by atoms with Crippen molar-refractivity contribution in [2.45, 2.75) is 37.5 Å². The number of thioether (sulfide) groups is 1. The molecule has 1 atom stereocenters. The molecule has 2 heterocycles. The molecule has 0 spiro atoms. The minimum absolute atomic E-state index is 0.370. The van der Waals surface area contributed by atoms with Gasteiger partial charge in [0, 0.05) is 35.5 Å². The van der Waals surface area contributed by atoms with Crippen molar-refractivity contribution in [1.29, 1.82) is 0 Å². The van der Waals surface area contributed by atoms with E-state index >= 15 is 0 Å². The maximum absolute atomic E-state index is 12.9. The molecular weight excluding hydrogens is 312 g/mol. The molecular formula is C13H22N2O2S3. The molecule has 7 heteroatoms. The quantitative estimate of drug-likeness (QED) is 0.897. The maximum atomic E-state index is 12.9. The molecule has 20 heavy (non-hydrogen) atoms. The largest absolute Gasteiger partial charge is 0.312 e. The van der Waals surface area contributed by atoms with Crippen LogP contribution in [0.15, 0.2) is 10.3 Å². The summed E-state index contributed by atoms with van der Waals surface area (Å²) in [5, 5.41) is 5.54. The van der Waals surface area contributed by atoms with Crippen molar-refractivity contribution in [3.05, 3.63) is 15.8 Å². The standard InChI is InChI=1S/C13H22N2O2S3/c1-4-14-7-12-13(10(2)9-19-12)20(16,17)15-5-6-18-11(3)8-15/h9,11,14H,4-8H2,1-3H3. The average molecular weight is 335 g/mol. The average Bonchev–Trinajstić information content (AvgIpc) is 2.78.